The number of fused-ring (bicyclic) bond motifs is 1. The van der Waals surface area contributed by atoms with Crippen molar-refractivity contribution in [3.05, 3.63) is 35.8 Å². The molecule has 1 aromatic carbocycles. The molecule has 0 bridgehead atoms. The van der Waals surface area contributed by atoms with Crippen LogP contribution in [0.4, 0.5) is 4.39 Å². The van der Waals surface area contributed by atoms with E-state index in [1.807, 2.05) is 17.8 Å². The van der Waals surface area contributed by atoms with Gasteiger partial charge in [-0.25, -0.2) is 4.39 Å². The summed E-state index contributed by atoms with van der Waals surface area (Å²) in [4.78, 5) is 0. The number of halogens is 1. The van der Waals surface area contributed by atoms with Gasteiger partial charge in [0.2, 0.25) is 0 Å². The number of aromatic nitrogens is 1. The van der Waals surface area contributed by atoms with E-state index in [4.69, 9.17) is 5.11 Å². The minimum absolute atomic E-state index is 0.0548. The Morgan fingerprint density at radius 3 is 2.92 bits per heavy atom. The Bertz CT molecular complexity index is 447. The number of nitrogens with zero attached hydrogens (tertiary/aromatic N) is 1. The zero-order valence-electron chi connectivity index (χ0n) is 7.29. The lowest BCUT2D eigenvalue weighted by molar-refractivity contribution is 0.283. The van der Waals surface area contributed by atoms with Crippen molar-refractivity contribution >= 4 is 10.9 Å². The Morgan fingerprint density at radius 2 is 2.23 bits per heavy atom. The van der Waals surface area contributed by atoms with Gasteiger partial charge in [0.25, 0.3) is 0 Å². The van der Waals surface area contributed by atoms with E-state index < -0.39 is 0 Å². The molecule has 0 spiro atoms. The highest BCUT2D eigenvalue weighted by atomic mass is 19.1. The molecule has 2 nitrogen and oxygen atoms in total. The SMILES string of the molecule is Cn1cc(CO)c2cc(F)ccc21. The minimum Gasteiger partial charge on any atom is -0.392 e. The minimum atomic E-state index is -0.270. The van der Waals surface area contributed by atoms with Gasteiger partial charge in [-0.1, -0.05) is 0 Å². The molecule has 68 valence electrons. The van der Waals surface area contributed by atoms with Gasteiger partial charge < -0.3 is 9.67 Å². The Hall–Kier alpha value is -1.35. The lowest BCUT2D eigenvalue weighted by Gasteiger charge is -1.95. The standard InChI is InChI=1S/C10H10FNO/c1-12-5-7(6-13)9-4-8(11)2-3-10(9)12/h2-5,13H,6H2,1H3. The Kier molecular flexibility index (Phi) is 1.81. The monoisotopic (exact) mass is 179 g/mol. The molecule has 0 aliphatic heterocycles. The molecule has 13 heavy (non-hydrogen) atoms. The van der Waals surface area contributed by atoms with Gasteiger partial charge in [0, 0.05) is 29.7 Å². The number of benzene rings is 1. The highest BCUT2D eigenvalue weighted by molar-refractivity contribution is 5.83. The van der Waals surface area contributed by atoms with Crippen LogP contribution in [0.3, 0.4) is 0 Å². The number of aliphatic hydroxyl groups is 1. The predicted molar refractivity (Wildman–Crippen MR) is 48.8 cm³/mol. The van der Waals surface area contributed by atoms with Crippen LogP contribution in [0.1, 0.15) is 5.56 Å². The van der Waals surface area contributed by atoms with E-state index in [-0.39, 0.29) is 12.4 Å². The number of aliphatic hydroxyl groups excluding tert-OH is 1. The maximum Gasteiger partial charge on any atom is 0.123 e. The van der Waals surface area contributed by atoms with Crippen LogP contribution in [0, 0.1) is 5.82 Å². The van der Waals surface area contributed by atoms with E-state index in [2.05, 4.69) is 0 Å². The summed E-state index contributed by atoms with van der Waals surface area (Å²) in [5, 5.41) is 9.79. The van der Waals surface area contributed by atoms with Crippen molar-refractivity contribution in [2.75, 3.05) is 0 Å². The lowest BCUT2D eigenvalue weighted by atomic mass is 10.2. The predicted octanol–water partition coefficient (Wildman–Crippen LogP) is 1.81. The van der Waals surface area contributed by atoms with Crippen LogP contribution in [0.15, 0.2) is 24.4 Å². The van der Waals surface area contributed by atoms with E-state index >= 15 is 0 Å². The summed E-state index contributed by atoms with van der Waals surface area (Å²) < 4.78 is 14.7. The molecule has 0 aliphatic carbocycles. The number of hydrogen-bond donors (Lipinski definition) is 1. The molecule has 0 saturated carbocycles. The maximum absolute atomic E-state index is 12.9. The lowest BCUT2D eigenvalue weighted by Crippen LogP contribution is -1.83. The average Bonchev–Trinajstić information content (AvgIpc) is 2.42. The zero-order valence-corrected chi connectivity index (χ0v) is 7.29. The molecule has 1 N–H and O–H groups in total. The van der Waals surface area contributed by atoms with Crippen LogP contribution >= 0.6 is 0 Å². The molecule has 1 heterocycles. The third-order valence-corrected chi connectivity index (χ3v) is 2.20. The molecule has 0 saturated heterocycles. The summed E-state index contributed by atoms with van der Waals surface area (Å²) >= 11 is 0. The van der Waals surface area contributed by atoms with Gasteiger partial charge in [0.15, 0.2) is 0 Å². The first kappa shape index (κ1) is 8.26. The van der Waals surface area contributed by atoms with E-state index in [1.165, 1.54) is 12.1 Å². The van der Waals surface area contributed by atoms with Crippen LogP contribution in [0.25, 0.3) is 10.9 Å². The molecular formula is C10H10FNO. The van der Waals surface area contributed by atoms with Crippen molar-refractivity contribution in [3.63, 3.8) is 0 Å². The smallest absolute Gasteiger partial charge is 0.123 e. The number of hydrogen-bond acceptors (Lipinski definition) is 1. The topological polar surface area (TPSA) is 25.2 Å². The van der Waals surface area contributed by atoms with Gasteiger partial charge in [0.1, 0.15) is 5.82 Å². The van der Waals surface area contributed by atoms with Crippen molar-refractivity contribution in [1.29, 1.82) is 0 Å². The van der Waals surface area contributed by atoms with Crippen molar-refractivity contribution < 1.29 is 9.50 Å². The van der Waals surface area contributed by atoms with Crippen LogP contribution in [0.5, 0.6) is 0 Å². The molecule has 0 amide bonds. The van der Waals surface area contributed by atoms with Gasteiger partial charge in [-0.05, 0) is 18.2 Å². The molecule has 2 aromatic rings. The molecule has 0 fully saturated rings. The van der Waals surface area contributed by atoms with Crippen molar-refractivity contribution in [2.24, 2.45) is 7.05 Å². The molecular weight excluding hydrogens is 169 g/mol. The largest absolute Gasteiger partial charge is 0.392 e. The maximum atomic E-state index is 12.9. The summed E-state index contributed by atoms with van der Waals surface area (Å²) in [5.41, 5.74) is 1.70. The van der Waals surface area contributed by atoms with E-state index in [9.17, 15) is 4.39 Å². The molecule has 3 heteroatoms. The Balaban J connectivity index is 2.81. The van der Waals surface area contributed by atoms with Crippen LogP contribution in [0.2, 0.25) is 0 Å². The fourth-order valence-electron chi connectivity index (χ4n) is 1.57. The van der Waals surface area contributed by atoms with Crippen LogP contribution in [-0.4, -0.2) is 9.67 Å². The summed E-state index contributed by atoms with van der Waals surface area (Å²) in [6.07, 6.45) is 1.81. The van der Waals surface area contributed by atoms with Crippen molar-refractivity contribution in [3.8, 4) is 0 Å². The molecule has 0 unspecified atom stereocenters. The first-order chi connectivity index (χ1) is 6.22. The summed E-state index contributed by atoms with van der Waals surface area (Å²) in [5.74, 6) is -0.270. The van der Waals surface area contributed by atoms with Crippen LogP contribution < -0.4 is 0 Å². The van der Waals surface area contributed by atoms with Gasteiger partial charge in [-0.3, -0.25) is 0 Å². The Labute approximate surface area is 75.2 Å². The molecule has 0 aliphatic rings. The second kappa shape index (κ2) is 2.85. The van der Waals surface area contributed by atoms with Gasteiger partial charge in [-0.15, -0.1) is 0 Å². The highest BCUT2D eigenvalue weighted by Gasteiger charge is 2.05. The molecule has 0 radical (unpaired) electrons. The third-order valence-electron chi connectivity index (χ3n) is 2.20. The molecule has 1 aromatic heterocycles. The average molecular weight is 179 g/mol. The van der Waals surface area contributed by atoms with Gasteiger partial charge in [0.05, 0.1) is 6.61 Å². The second-order valence-corrected chi connectivity index (χ2v) is 3.08. The molecule has 2 rings (SSSR count). The Morgan fingerprint density at radius 1 is 1.46 bits per heavy atom. The highest BCUT2D eigenvalue weighted by Crippen LogP contribution is 2.21. The summed E-state index contributed by atoms with van der Waals surface area (Å²) in [6.45, 7) is -0.0548. The second-order valence-electron chi connectivity index (χ2n) is 3.08. The zero-order chi connectivity index (χ0) is 9.42. The van der Waals surface area contributed by atoms with E-state index in [0.29, 0.717) is 0 Å². The quantitative estimate of drug-likeness (QED) is 0.709. The van der Waals surface area contributed by atoms with E-state index in [1.54, 1.807) is 6.07 Å². The summed E-state index contributed by atoms with van der Waals surface area (Å²) in [6, 6.07) is 4.58. The van der Waals surface area contributed by atoms with Crippen LogP contribution in [-0.2, 0) is 13.7 Å². The van der Waals surface area contributed by atoms with Gasteiger partial charge >= 0.3 is 0 Å². The fourth-order valence-corrected chi connectivity index (χ4v) is 1.57. The van der Waals surface area contributed by atoms with Crippen molar-refractivity contribution in [1.82, 2.24) is 4.57 Å². The van der Waals surface area contributed by atoms with Gasteiger partial charge in [-0.2, -0.15) is 0 Å². The fraction of sp³-hybridized carbons (Fsp3) is 0.200. The first-order valence-corrected chi connectivity index (χ1v) is 4.06. The van der Waals surface area contributed by atoms with E-state index in [0.717, 1.165) is 16.5 Å². The number of aryl methyl sites for hydroxylation is 1. The molecule has 0 atom stereocenters. The normalized spacial score (nSPS) is 11.0. The number of rotatable bonds is 1. The third kappa shape index (κ3) is 1.21. The first-order valence-electron chi connectivity index (χ1n) is 4.06. The summed E-state index contributed by atoms with van der Waals surface area (Å²) in [7, 11) is 1.87. The van der Waals surface area contributed by atoms with Crippen molar-refractivity contribution in [2.45, 2.75) is 6.61 Å².